The van der Waals surface area contributed by atoms with E-state index in [1.807, 2.05) is 13.0 Å². The van der Waals surface area contributed by atoms with Gasteiger partial charge in [0.1, 0.15) is 0 Å². The molecule has 0 aliphatic heterocycles. The maximum atomic E-state index is 11.3. The number of nitrogens with one attached hydrogen (secondary N) is 1. The lowest BCUT2D eigenvalue weighted by molar-refractivity contribution is -0.121. The van der Waals surface area contributed by atoms with Gasteiger partial charge in [0, 0.05) is 13.0 Å². The minimum Gasteiger partial charge on any atom is -0.356 e. The summed E-state index contributed by atoms with van der Waals surface area (Å²) in [6.45, 7) is 5.58. The van der Waals surface area contributed by atoms with Gasteiger partial charge in [0.25, 0.3) is 0 Å². The molecule has 1 unspecified atom stereocenters. The molecule has 0 aromatic rings. The summed E-state index contributed by atoms with van der Waals surface area (Å²) >= 11 is 0. The number of nitrogens with two attached hydrogens (primary N) is 1. The first-order chi connectivity index (χ1) is 7.20. The summed E-state index contributed by atoms with van der Waals surface area (Å²) in [4.78, 5) is 11.3. The molecule has 1 amide bonds. The number of amides is 1. The van der Waals surface area contributed by atoms with Crippen LogP contribution in [0.1, 0.15) is 39.5 Å². The zero-order valence-corrected chi connectivity index (χ0v) is 9.96. The van der Waals surface area contributed by atoms with Gasteiger partial charge in [-0.1, -0.05) is 19.1 Å². The van der Waals surface area contributed by atoms with Crippen LogP contribution in [0, 0.1) is 5.92 Å². The van der Waals surface area contributed by atoms with E-state index in [9.17, 15) is 4.79 Å². The van der Waals surface area contributed by atoms with E-state index in [0.717, 1.165) is 25.8 Å². The fraction of sp³-hybridized carbons (Fsp3) is 0.750. The second-order valence-electron chi connectivity index (χ2n) is 3.93. The van der Waals surface area contributed by atoms with E-state index in [1.54, 1.807) is 0 Å². The number of allylic oxidation sites excluding steroid dienone is 1. The van der Waals surface area contributed by atoms with Crippen LogP contribution in [0.4, 0.5) is 0 Å². The van der Waals surface area contributed by atoms with Gasteiger partial charge in [-0.15, -0.1) is 0 Å². The molecule has 3 N–H and O–H groups in total. The highest BCUT2D eigenvalue weighted by atomic mass is 16.1. The van der Waals surface area contributed by atoms with Gasteiger partial charge in [-0.3, -0.25) is 4.79 Å². The van der Waals surface area contributed by atoms with E-state index < -0.39 is 0 Å². The predicted octanol–water partition coefficient (Wildman–Crippen LogP) is 1.83. The number of carbonyl (C=O) groups excluding carboxylic acids is 1. The summed E-state index contributed by atoms with van der Waals surface area (Å²) in [7, 11) is 0. The zero-order chi connectivity index (χ0) is 11.5. The van der Waals surface area contributed by atoms with E-state index in [-0.39, 0.29) is 5.91 Å². The van der Waals surface area contributed by atoms with Crippen LogP contribution in [0.2, 0.25) is 0 Å². The van der Waals surface area contributed by atoms with Crippen molar-refractivity contribution in [3.63, 3.8) is 0 Å². The molecule has 0 aliphatic carbocycles. The lowest BCUT2D eigenvalue weighted by Gasteiger charge is -2.09. The fourth-order valence-corrected chi connectivity index (χ4v) is 1.36. The number of hydrogen-bond donors (Lipinski definition) is 2. The molecule has 3 nitrogen and oxygen atoms in total. The van der Waals surface area contributed by atoms with Crippen LogP contribution in [-0.4, -0.2) is 19.0 Å². The quantitative estimate of drug-likeness (QED) is 0.476. The van der Waals surface area contributed by atoms with Crippen LogP contribution >= 0.6 is 0 Å². The van der Waals surface area contributed by atoms with Crippen LogP contribution in [0.5, 0.6) is 0 Å². The molecule has 0 fully saturated rings. The van der Waals surface area contributed by atoms with Crippen LogP contribution < -0.4 is 11.1 Å². The summed E-state index contributed by atoms with van der Waals surface area (Å²) in [5.41, 5.74) is 5.44. The van der Waals surface area contributed by atoms with Gasteiger partial charge in [-0.05, 0) is 38.6 Å². The summed E-state index contributed by atoms with van der Waals surface area (Å²) in [5.74, 6) is 0.708. The van der Waals surface area contributed by atoms with Crippen molar-refractivity contribution in [2.24, 2.45) is 11.7 Å². The van der Waals surface area contributed by atoms with E-state index >= 15 is 0 Å². The highest BCUT2D eigenvalue weighted by molar-refractivity contribution is 5.75. The van der Waals surface area contributed by atoms with Crippen LogP contribution in [0.15, 0.2) is 12.2 Å². The fourth-order valence-electron chi connectivity index (χ4n) is 1.36. The topological polar surface area (TPSA) is 55.1 Å². The Labute approximate surface area is 93.1 Å². The first kappa shape index (κ1) is 14.2. The highest BCUT2D eigenvalue weighted by Gasteiger charge is 2.05. The Kier molecular flexibility index (Phi) is 9.18. The van der Waals surface area contributed by atoms with Gasteiger partial charge in [0.05, 0.1) is 0 Å². The molecule has 0 heterocycles. The average Bonchev–Trinajstić information content (AvgIpc) is 2.22. The Morgan fingerprint density at radius 3 is 2.80 bits per heavy atom. The van der Waals surface area contributed by atoms with Crippen LogP contribution in [0.25, 0.3) is 0 Å². The molecule has 0 aromatic heterocycles. The molecule has 0 aromatic carbocycles. The van der Waals surface area contributed by atoms with Crippen molar-refractivity contribution in [3.05, 3.63) is 12.2 Å². The minimum atomic E-state index is 0.156. The second-order valence-corrected chi connectivity index (χ2v) is 3.93. The number of carbonyl (C=O) groups is 1. The first-order valence-electron chi connectivity index (χ1n) is 5.78. The Morgan fingerprint density at radius 2 is 2.20 bits per heavy atom. The normalized spacial score (nSPS) is 13.0. The van der Waals surface area contributed by atoms with Gasteiger partial charge < -0.3 is 11.1 Å². The zero-order valence-electron chi connectivity index (χ0n) is 9.96. The maximum Gasteiger partial charge on any atom is 0.220 e. The second kappa shape index (κ2) is 9.71. The maximum absolute atomic E-state index is 11.3. The van der Waals surface area contributed by atoms with Gasteiger partial charge >= 0.3 is 0 Å². The van der Waals surface area contributed by atoms with Gasteiger partial charge in [-0.2, -0.15) is 0 Å². The van der Waals surface area contributed by atoms with Gasteiger partial charge in [-0.25, -0.2) is 0 Å². The van der Waals surface area contributed by atoms with Crippen molar-refractivity contribution < 1.29 is 4.79 Å². The lowest BCUT2D eigenvalue weighted by Crippen LogP contribution is -2.24. The molecule has 3 heteroatoms. The molecule has 0 saturated heterocycles. The summed E-state index contributed by atoms with van der Waals surface area (Å²) in [5, 5.41) is 2.89. The molecule has 0 rings (SSSR count). The Hall–Kier alpha value is -0.830. The van der Waals surface area contributed by atoms with Crippen LogP contribution in [-0.2, 0) is 4.79 Å². The molecule has 15 heavy (non-hydrogen) atoms. The number of rotatable bonds is 8. The van der Waals surface area contributed by atoms with Crippen molar-refractivity contribution in [1.82, 2.24) is 5.32 Å². The third-order valence-corrected chi connectivity index (χ3v) is 2.39. The lowest BCUT2D eigenvalue weighted by atomic mass is 10.0. The van der Waals surface area contributed by atoms with E-state index in [0.29, 0.717) is 18.9 Å². The molecule has 0 aliphatic rings. The van der Waals surface area contributed by atoms with Gasteiger partial charge in [0.15, 0.2) is 0 Å². The van der Waals surface area contributed by atoms with Crippen molar-refractivity contribution in [2.45, 2.75) is 39.5 Å². The van der Waals surface area contributed by atoms with Crippen molar-refractivity contribution in [1.29, 1.82) is 0 Å². The van der Waals surface area contributed by atoms with Crippen molar-refractivity contribution >= 4 is 5.91 Å². The van der Waals surface area contributed by atoms with E-state index in [4.69, 9.17) is 5.73 Å². The van der Waals surface area contributed by atoms with Gasteiger partial charge in [0.2, 0.25) is 5.91 Å². The molecule has 0 spiro atoms. The SMILES string of the molecule is C/C=C/CCNC(=O)CCC(C)CCN. The molecule has 0 bridgehead atoms. The smallest absolute Gasteiger partial charge is 0.220 e. The molecule has 0 saturated carbocycles. The highest BCUT2D eigenvalue weighted by Crippen LogP contribution is 2.08. The minimum absolute atomic E-state index is 0.156. The largest absolute Gasteiger partial charge is 0.356 e. The monoisotopic (exact) mass is 212 g/mol. The molecular formula is C12H24N2O. The molecule has 88 valence electrons. The van der Waals surface area contributed by atoms with E-state index in [1.165, 1.54) is 0 Å². The Morgan fingerprint density at radius 1 is 1.47 bits per heavy atom. The number of hydrogen-bond acceptors (Lipinski definition) is 2. The van der Waals surface area contributed by atoms with Crippen molar-refractivity contribution in [2.75, 3.05) is 13.1 Å². The van der Waals surface area contributed by atoms with E-state index in [2.05, 4.69) is 18.3 Å². The summed E-state index contributed by atoms with van der Waals surface area (Å²) in [6, 6.07) is 0. The third-order valence-electron chi connectivity index (χ3n) is 2.39. The predicted molar refractivity (Wildman–Crippen MR) is 64.5 cm³/mol. The molecular weight excluding hydrogens is 188 g/mol. The Balaban J connectivity index is 3.40. The average molecular weight is 212 g/mol. The first-order valence-corrected chi connectivity index (χ1v) is 5.78. The molecule has 1 atom stereocenters. The van der Waals surface area contributed by atoms with Crippen LogP contribution in [0.3, 0.4) is 0 Å². The summed E-state index contributed by atoms with van der Waals surface area (Å²) in [6.07, 6.45) is 7.53. The third kappa shape index (κ3) is 9.47. The standard InChI is InChI=1S/C12H24N2O/c1-3-4-5-10-14-12(15)7-6-11(2)8-9-13/h3-4,11H,5-10,13H2,1-2H3,(H,14,15)/b4-3+. The summed E-state index contributed by atoms with van der Waals surface area (Å²) < 4.78 is 0. The Bertz CT molecular complexity index is 190. The molecule has 0 radical (unpaired) electrons. The van der Waals surface area contributed by atoms with Crippen molar-refractivity contribution in [3.8, 4) is 0 Å².